The van der Waals surface area contributed by atoms with Crippen molar-refractivity contribution in [1.82, 2.24) is 15.5 Å². The van der Waals surface area contributed by atoms with E-state index < -0.39 is 0 Å². The molecule has 0 saturated carbocycles. The first kappa shape index (κ1) is 19.7. The summed E-state index contributed by atoms with van der Waals surface area (Å²) < 4.78 is 12.1. The second-order valence-electron chi connectivity index (χ2n) is 7.28. The highest BCUT2D eigenvalue weighted by molar-refractivity contribution is 7.17. The van der Waals surface area contributed by atoms with Gasteiger partial charge in [0.2, 0.25) is 0 Å². The van der Waals surface area contributed by atoms with E-state index in [1.807, 2.05) is 36.4 Å². The summed E-state index contributed by atoms with van der Waals surface area (Å²) in [6.07, 6.45) is 0.819. The standard InChI is InChI=1S/C24H21N3O3S/c1-29-11-12-30-20-5-3-2-4-18(20)22-23-19(9-13-31-23)21(26-27-22)16-6-7-17-15(14-16)8-10-25-24(17)28/h2-7,9,13-14H,8,10-12H2,1H3,(H,25,28). The molecular formula is C24H21N3O3S. The number of nitrogens with zero attached hydrogens (tertiary/aromatic N) is 2. The van der Waals surface area contributed by atoms with E-state index in [2.05, 4.69) is 33.0 Å². The normalized spacial score (nSPS) is 13.1. The van der Waals surface area contributed by atoms with E-state index in [0.29, 0.717) is 19.8 Å². The Morgan fingerprint density at radius 3 is 2.81 bits per heavy atom. The first-order chi connectivity index (χ1) is 15.3. The summed E-state index contributed by atoms with van der Waals surface area (Å²) in [5, 5.41) is 15.2. The van der Waals surface area contributed by atoms with E-state index in [0.717, 1.165) is 55.9 Å². The topological polar surface area (TPSA) is 73.3 Å². The number of benzene rings is 2. The molecule has 7 heteroatoms. The van der Waals surface area contributed by atoms with Gasteiger partial charge in [-0.25, -0.2) is 0 Å². The maximum absolute atomic E-state index is 12.1. The van der Waals surface area contributed by atoms with Crippen molar-refractivity contribution in [3.63, 3.8) is 0 Å². The predicted molar refractivity (Wildman–Crippen MR) is 122 cm³/mol. The quantitative estimate of drug-likeness (QED) is 0.460. The third-order valence-corrected chi connectivity index (χ3v) is 6.30. The van der Waals surface area contributed by atoms with Gasteiger partial charge in [0.15, 0.2) is 0 Å². The summed E-state index contributed by atoms with van der Waals surface area (Å²) in [4.78, 5) is 12.1. The van der Waals surface area contributed by atoms with Crippen LogP contribution in [0.25, 0.3) is 32.6 Å². The summed E-state index contributed by atoms with van der Waals surface area (Å²) >= 11 is 1.64. The fraction of sp³-hybridized carbons (Fsp3) is 0.208. The number of fused-ring (bicyclic) bond motifs is 2. The number of rotatable bonds is 6. The molecule has 6 nitrogen and oxygen atoms in total. The van der Waals surface area contributed by atoms with Crippen LogP contribution in [0.3, 0.4) is 0 Å². The average molecular weight is 432 g/mol. The van der Waals surface area contributed by atoms with E-state index in [4.69, 9.17) is 9.47 Å². The summed E-state index contributed by atoms with van der Waals surface area (Å²) in [6, 6.07) is 15.8. The number of nitrogens with one attached hydrogen (secondary N) is 1. The van der Waals surface area contributed by atoms with E-state index in [-0.39, 0.29) is 5.91 Å². The number of methoxy groups -OCH3 is 1. The molecule has 2 aromatic heterocycles. The number of ether oxygens (including phenoxy) is 2. The largest absolute Gasteiger partial charge is 0.490 e. The van der Waals surface area contributed by atoms with Crippen molar-refractivity contribution in [2.24, 2.45) is 0 Å². The molecule has 5 rings (SSSR count). The molecule has 1 aliphatic heterocycles. The lowest BCUT2D eigenvalue weighted by atomic mass is 9.96. The van der Waals surface area contributed by atoms with Gasteiger partial charge in [-0.05, 0) is 47.7 Å². The number of amides is 1. The second kappa shape index (κ2) is 8.45. The van der Waals surface area contributed by atoms with Crippen LogP contribution >= 0.6 is 11.3 Å². The van der Waals surface area contributed by atoms with Gasteiger partial charge in [0.05, 0.1) is 11.3 Å². The third-order valence-electron chi connectivity index (χ3n) is 5.38. The minimum absolute atomic E-state index is 0.0139. The first-order valence-electron chi connectivity index (χ1n) is 10.1. The molecule has 3 heterocycles. The predicted octanol–water partition coefficient (Wildman–Crippen LogP) is 4.34. The number of aromatic nitrogens is 2. The minimum Gasteiger partial charge on any atom is -0.490 e. The molecule has 0 bridgehead atoms. The Hall–Kier alpha value is -3.29. The van der Waals surface area contributed by atoms with Gasteiger partial charge in [-0.2, -0.15) is 0 Å². The zero-order valence-corrected chi connectivity index (χ0v) is 17.9. The number of carbonyl (C=O) groups is 1. The monoisotopic (exact) mass is 431 g/mol. The SMILES string of the molecule is COCCOc1ccccc1-c1nnc(-c2ccc3c(c2)CCNC3=O)c2ccsc12. The summed E-state index contributed by atoms with van der Waals surface area (Å²) in [6.45, 7) is 1.65. The van der Waals surface area contributed by atoms with Crippen molar-refractivity contribution in [3.8, 4) is 28.3 Å². The van der Waals surface area contributed by atoms with Gasteiger partial charge in [0.25, 0.3) is 5.91 Å². The fourth-order valence-corrected chi connectivity index (χ4v) is 4.76. The zero-order valence-electron chi connectivity index (χ0n) is 17.1. The molecule has 1 amide bonds. The van der Waals surface area contributed by atoms with Crippen LogP contribution in [0.4, 0.5) is 0 Å². The molecule has 156 valence electrons. The van der Waals surface area contributed by atoms with Gasteiger partial charge in [0.1, 0.15) is 23.7 Å². The maximum atomic E-state index is 12.1. The van der Waals surface area contributed by atoms with Crippen molar-refractivity contribution >= 4 is 27.3 Å². The van der Waals surface area contributed by atoms with E-state index in [1.165, 1.54) is 0 Å². The van der Waals surface area contributed by atoms with Crippen molar-refractivity contribution in [2.45, 2.75) is 6.42 Å². The molecule has 0 spiro atoms. The first-order valence-corrected chi connectivity index (χ1v) is 11.0. The summed E-state index contributed by atoms with van der Waals surface area (Å²) in [7, 11) is 1.65. The number of thiophene rings is 1. The van der Waals surface area contributed by atoms with Crippen LogP contribution in [0.1, 0.15) is 15.9 Å². The van der Waals surface area contributed by atoms with Gasteiger partial charge >= 0.3 is 0 Å². The van der Waals surface area contributed by atoms with Crippen LogP contribution in [0, 0.1) is 0 Å². The minimum atomic E-state index is -0.0139. The summed E-state index contributed by atoms with van der Waals surface area (Å²) in [5.74, 6) is 0.746. The Morgan fingerprint density at radius 2 is 1.90 bits per heavy atom. The molecule has 0 atom stereocenters. The van der Waals surface area contributed by atoms with E-state index >= 15 is 0 Å². The summed E-state index contributed by atoms with van der Waals surface area (Å²) in [5.41, 5.74) is 5.30. The number of hydrogen-bond donors (Lipinski definition) is 1. The van der Waals surface area contributed by atoms with E-state index in [1.54, 1.807) is 18.4 Å². The third kappa shape index (κ3) is 3.66. The van der Waals surface area contributed by atoms with Gasteiger partial charge < -0.3 is 14.8 Å². The van der Waals surface area contributed by atoms with Gasteiger partial charge in [-0.1, -0.05) is 18.2 Å². The van der Waals surface area contributed by atoms with Crippen LogP contribution < -0.4 is 10.1 Å². The molecule has 2 aromatic carbocycles. The van der Waals surface area contributed by atoms with Crippen LogP contribution in [0.2, 0.25) is 0 Å². The van der Waals surface area contributed by atoms with Crippen molar-refractivity contribution < 1.29 is 14.3 Å². The molecule has 4 aromatic rings. The van der Waals surface area contributed by atoms with Crippen molar-refractivity contribution in [2.75, 3.05) is 26.9 Å². The smallest absolute Gasteiger partial charge is 0.251 e. The zero-order chi connectivity index (χ0) is 21.2. The number of carbonyl (C=O) groups excluding carboxylic acids is 1. The molecule has 0 saturated heterocycles. The van der Waals surface area contributed by atoms with Crippen LogP contribution in [0.15, 0.2) is 53.9 Å². The molecule has 0 radical (unpaired) electrons. The highest BCUT2D eigenvalue weighted by Crippen LogP contribution is 2.39. The number of para-hydroxylation sites is 1. The van der Waals surface area contributed by atoms with Gasteiger partial charge in [0, 0.05) is 35.7 Å². The van der Waals surface area contributed by atoms with Crippen molar-refractivity contribution in [1.29, 1.82) is 0 Å². The molecule has 0 aliphatic carbocycles. The molecule has 1 N–H and O–H groups in total. The average Bonchev–Trinajstić information content (AvgIpc) is 3.29. The Morgan fingerprint density at radius 1 is 1.03 bits per heavy atom. The Balaban J connectivity index is 1.58. The number of hydrogen-bond acceptors (Lipinski definition) is 6. The van der Waals surface area contributed by atoms with Crippen LogP contribution in [-0.4, -0.2) is 43.0 Å². The Kier molecular flexibility index (Phi) is 5.36. The lowest BCUT2D eigenvalue weighted by Gasteiger charge is -2.17. The fourth-order valence-electron chi connectivity index (χ4n) is 3.87. The molecule has 1 aliphatic rings. The molecular weight excluding hydrogens is 410 g/mol. The second-order valence-corrected chi connectivity index (χ2v) is 8.19. The van der Waals surface area contributed by atoms with Gasteiger partial charge in [-0.3, -0.25) is 4.79 Å². The van der Waals surface area contributed by atoms with Crippen LogP contribution in [0.5, 0.6) is 5.75 Å². The highest BCUT2D eigenvalue weighted by Gasteiger charge is 2.20. The lowest BCUT2D eigenvalue weighted by molar-refractivity contribution is 0.0946. The maximum Gasteiger partial charge on any atom is 0.251 e. The van der Waals surface area contributed by atoms with Gasteiger partial charge in [-0.15, -0.1) is 21.5 Å². The van der Waals surface area contributed by atoms with Crippen molar-refractivity contribution in [3.05, 3.63) is 65.0 Å². The Bertz CT molecular complexity index is 1270. The lowest BCUT2D eigenvalue weighted by Crippen LogP contribution is -2.31. The molecule has 0 unspecified atom stereocenters. The highest BCUT2D eigenvalue weighted by atomic mass is 32.1. The van der Waals surface area contributed by atoms with E-state index in [9.17, 15) is 4.79 Å². The van der Waals surface area contributed by atoms with Crippen LogP contribution in [-0.2, 0) is 11.2 Å². The molecule has 31 heavy (non-hydrogen) atoms. The molecule has 0 fully saturated rings. The Labute approximate surface area is 183 Å².